The number of aryl methyl sites for hydroxylation is 2. The van der Waals surface area contributed by atoms with Crippen LogP contribution in [0.2, 0.25) is 0 Å². The van der Waals surface area contributed by atoms with Gasteiger partial charge < -0.3 is 4.42 Å². The summed E-state index contributed by atoms with van der Waals surface area (Å²) < 4.78 is 7.81. The molecular formula is C24H19N3O3S. The van der Waals surface area contributed by atoms with Gasteiger partial charge in [-0.05, 0) is 42.8 Å². The summed E-state index contributed by atoms with van der Waals surface area (Å²) >= 11 is 1.47. The second kappa shape index (κ2) is 7.85. The van der Waals surface area contributed by atoms with Crippen molar-refractivity contribution in [2.24, 2.45) is 0 Å². The van der Waals surface area contributed by atoms with Gasteiger partial charge in [-0.2, -0.15) is 0 Å². The Balaban J connectivity index is 1.51. The van der Waals surface area contributed by atoms with E-state index >= 15 is 0 Å². The third kappa shape index (κ3) is 3.53. The molecule has 5 rings (SSSR count). The molecular weight excluding hydrogens is 410 g/mol. The van der Waals surface area contributed by atoms with Crippen LogP contribution >= 0.6 is 11.3 Å². The number of fused-ring (bicyclic) bond motifs is 2. The highest BCUT2D eigenvalue weighted by molar-refractivity contribution is 7.22. The number of benzene rings is 3. The molecule has 0 atom stereocenters. The molecule has 2 aromatic heterocycles. The van der Waals surface area contributed by atoms with Gasteiger partial charge >= 0.3 is 5.76 Å². The zero-order valence-corrected chi connectivity index (χ0v) is 17.6. The molecule has 0 unspecified atom stereocenters. The number of hydrogen-bond donors (Lipinski definition) is 0. The Hall–Kier alpha value is -3.71. The monoisotopic (exact) mass is 429 g/mol. The molecule has 7 heteroatoms. The van der Waals surface area contributed by atoms with Gasteiger partial charge in [-0.25, -0.2) is 9.78 Å². The second-order valence-electron chi connectivity index (χ2n) is 7.22. The topological polar surface area (TPSA) is 68.3 Å². The van der Waals surface area contributed by atoms with Gasteiger partial charge in [0.1, 0.15) is 0 Å². The summed E-state index contributed by atoms with van der Waals surface area (Å²) in [5, 5.41) is 0.616. The standard InChI is InChI=1S/C24H19N3O3S/c1-16-8-2-4-10-18(16)27(23-25-17-9-3-7-13-21(17)31-23)22(28)14-15-26-19-11-5-6-12-20(19)30-24(26)29/h2-13H,14-15H2,1H3. The lowest BCUT2D eigenvalue weighted by Crippen LogP contribution is -2.28. The molecule has 0 radical (unpaired) electrons. The van der Waals surface area contributed by atoms with E-state index in [1.54, 1.807) is 11.0 Å². The summed E-state index contributed by atoms with van der Waals surface area (Å²) in [6, 6.07) is 22.8. The van der Waals surface area contributed by atoms with Gasteiger partial charge in [0.25, 0.3) is 0 Å². The van der Waals surface area contributed by atoms with Crippen molar-refractivity contribution >= 4 is 49.4 Å². The number of carbonyl (C=O) groups excluding carboxylic acids is 1. The van der Waals surface area contributed by atoms with E-state index in [-0.39, 0.29) is 18.9 Å². The number of carbonyl (C=O) groups is 1. The van der Waals surface area contributed by atoms with E-state index in [4.69, 9.17) is 9.40 Å². The molecule has 31 heavy (non-hydrogen) atoms. The molecule has 3 aromatic carbocycles. The van der Waals surface area contributed by atoms with Crippen LogP contribution in [0.5, 0.6) is 0 Å². The summed E-state index contributed by atoms with van der Waals surface area (Å²) in [7, 11) is 0. The number of nitrogens with zero attached hydrogens (tertiary/aromatic N) is 3. The second-order valence-corrected chi connectivity index (χ2v) is 8.23. The Labute approximate surface area is 182 Å². The lowest BCUT2D eigenvalue weighted by Gasteiger charge is -2.22. The van der Waals surface area contributed by atoms with E-state index in [0.29, 0.717) is 16.2 Å². The zero-order chi connectivity index (χ0) is 21.4. The molecule has 0 N–H and O–H groups in total. The van der Waals surface area contributed by atoms with Gasteiger partial charge in [-0.15, -0.1) is 0 Å². The number of oxazole rings is 1. The summed E-state index contributed by atoms with van der Waals surface area (Å²) in [5.74, 6) is -0.595. The van der Waals surface area contributed by atoms with Crippen molar-refractivity contribution in [3.05, 3.63) is 88.9 Å². The molecule has 0 saturated carbocycles. The number of amides is 1. The van der Waals surface area contributed by atoms with Crippen LogP contribution < -0.4 is 10.7 Å². The summed E-state index contributed by atoms with van der Waals surface area (Å²) in [4.78, 5) is 32.1. The van der Waals surface area contributed by atoms with Gasteiger partial charge in [-0.3, -0.25) is 14.3 Å². The molecule has 1 amide bonds. The summed E-state index contributed by atoms with van der Waals surface area (Å²) in [6.45, 7) is 2.19. The van der Waals surface area contributed by atoms with E-state index < -0.39 is 5.76 Å². The molecule has 5 aromatic rings. The first-order valence-corrected chi connectivity index (χ1v) is 10.8. The third-order valence-electron chi connectivity index (χ3n) is 5.20. The first-order valence-electron chi connectivity index (χ1n) is 9.94. The fraction of sp³-hybridized carbons (Fsp3) is 0.125. The van der Waals surface area contributed by atoms with E-state index in [9.17, 15) is 9.59 Å². The van der Waals surface area contributed by atoms with Crippen molar-refractivity contribution < 1.29 is 9.21 Å². The molecule has 0 fully saturated rings. The van der Waals surface area contributed by atoms with E-state index in [2.05, 4.69) is 0 Å². The van der Waals surface area contributed by atoms with Crippen LogP contribution in [-0.4, -0.2) is 15.5 Å². The number of hydrogen-bond acceptors (Lipinski definition) is 5. The molecule has 154 valence electrons. The molecule has 0 aliphatic heterocycles. The number of aromatic nitrogens is 2. The van der Waals surface area contributed by atoms with E-state index in [0.717, 1.165) is 21.5 Å². The Morgan fingerprint density at radius 3 is 2.61 bits per heavy atom. The van der Waals surface area contributed by atoms with Gasteiger partial charge in [0, 0.05) is 13.0 Å². The van der Waals surface area contributed by atoms with Crippen LogP contribution in [0.3, 0.4) is 0 Å². The molecule has 0 bridgehead atoms. The molecule has 0 aliphatic carbocycles. The fourth-order valence-electron chi connectivity index (χ4n) is 3.66. The summed E-state index contributed by atoms with van der Waals surface area (Å²) in [6.07, 6.45) is 0.133. The van der Waals surface area contributed by atoms with Crippen LogP contribution in [-0.2, 0) is 11.3 Å². The molecule has 0 aliphatic rings. The van der Waals surface area contributed by atoms with Gasteiger partial charge in [-0.1, -0.05) is 53.8 Å². The number of rotatable bonds is 5. The average Bonchev–Trinajstić information content (AvgIpc) is 3.34. The van der Waals surface area contributed by atoms with Crippen molar-refractivity contribution in [3.8, 4) is 0 Å². The Kier molecular flexibility index (Phi) is 4.88. The minimum atomic E-state index is -0.462. The number of thiazole rings is 1. The predicted octanol–water partition coefficient (Wildman–Crippen LogP) is 5.27. The highest BCUT2D eigenvalue weighted by Crippen LogP contribution is 2.35. The van der Waals surface area contributed by atoms with Crippen LogP contribution in [0.1, 0.15) is 12.0 Å². The van der Waals surface area contributed by atoms with E-state index in [1.165, 1.54) is 15.9 Å². The lowest BCUT2D eigenvalue weighted by atomic mass is 10.2. The smallest absolute Gasteiger partial charge is 0.408 e. The minimum absolute atomic E-state index is 0.133. The maximum atomic E-state index is 13.5. The average molecular weight is 430 g/mol. The maximum absolute atomic E-state index is 13.5. The summed E-state index contributed by atoms with van der Waals surface area (Å²) in [5.41, 5.74) is 3.81. The fourth-order valence-corrected chi connectivity index (χ4v) is 4.66. The lowest BCUT2D eigenvalue weighted by molar-refractivity contribution is -0.118. The maximum Gasteiger partial charge on any atom is 0.419 e. The quantitative estimate of drug-likeness (QED) is 0.382. The largest absolute Gasteiger partial charge is 0.419 e. The van der Waals surface area contributed by atoms with Gasteiger partial charge in [0.15, 0.2) is 10.7 Å². The Morgan fingerprint density at radius 2 is 1.77 bits per heavy atom. The Bertz CT molecular complexity index is 1430. The highest BCUT2D eigenvalue weighted by atomic mass is 32.1. The first kappa shape index (κ1) is 19.3. The number of para-hydroxylation sites is 4. The van der Waals surface area contributed by atoms with Crippen molar-refractivity contribution in [3.63, 3.8) is 0 Å². The molecule has 0 spiro atoms. The van der Waals surface area contributed by atoms with Crippen molar-refractivity contribution in [1.82, 2.24) is 9.55 Å². The normalized spacial score (nSPS) is 11.3. The minimum Gasteiger partial charge on any atom is -0.408 e. The Morgan fingerprint density at radius 1 is 1.03 bits per heavy atom. The van der Waals surface area contributed by atoms with Crippen molar-refractivity contribution in [2.75, 3.05) is 4.90 Å². The molecule has 0 saturated heterocycles. The van der Waals surface area contributed by atoms with Crippen molar-refractivity contribution in [1.29, 1.82) is 0 Å². The van der Waals surface area contributed by atoms with Crippen LogP contribution in [0.15, 0.2) is 82.0 Å². The zero-order valence-electron chi connectivity index (χ0n) is 16.8. The third-order valence-corrected chi connectivity index (χ3v) is 6.22. The van der Waals surface area contributed by atoms with Crippen LogP contribution in [0.4, 0.5) is 10.8 Å². The van der Waals surface area contributed by atoms with Crippen LogP contribution in [0, 0.1) is 6.92 Å². The first-order chi connectivity index (χ1) is 15.1. The van der Waals surface area contributed by atoms with Gasteiger partial charge in [0.2, 0.25) is 5.91 Å². The number of anilines is 2. The van der Waals surface area contributed by atoms with Gasteiger partial charge in [0.05, 0.1) is 21.4 Å². The van der Waals surface area contributed by atoms with Crippen molar-refractivity contribution in [2.45, 2.75) is 19.9 Å². The van der Waals surface area contributed by atoms with Crippen LogP contribution in [0.25, 0.3) is 21.3 Å². The molecule has 2 heterocycles. The SMILES string of the molecule is Cc1ccccc1N(C(=O)CCn1c(=O)oc2ccccc21)c1nc2ccccc2s1. The molecule has 6 nitrogen and oxygen atoms in total. The van der Waals surface area contributed by atoms with E-state index in [1.807, 2.05) is 73.7 Å². The highest BCUT2D eigenvalue weighted by Gasteiger charge is 2.23. The predicted molar refractivity (Wildman–Crippen MR) is 123 cm³/mol.